The minimum atomic E-state index is -0.636. The smallest absolute Gasteiger partial charge is 0.256 e. The van der Waals surface area contributed by atoms with Crippen molar-refractivity contribution in [2.45, 2.75) is 25.4 Å². The van der Waals surface area contributed by atoms with E-state index in [0.717, 1.165) is 30.7 Å². The second-order valence-corrected chi connectivity index (χ2v) is 7.65. The molecule has 2 fully saturated rings. The second-order valence-electron chi connectivity index (χ2n) is 7.65. The predicted molar refractivity (Wildman–Crippen MR) is 109 cm³/mol. The van der Waals surface area contributed by atoms with Crippen LogP contribution in [0.2, 0.25) is 0 Å². The number of likely N-dealkylation sites (tertiary alicyclic amines) is 1. The number of phenolic OH excluding ortho intramolecular Hbond substituents is 1. The molecule has 1 aliphatic carbocycles. The van der Waals surface area contributed by atoms with Crippen LogP contribution in [0.15, 0.2) is 36.4 Å². The number of pyridine rings is 1. The zero-order valence-corrected chi connectivity index (χ0v) is 17.0. The van der Waals surface area contributed by atoms with Crippen LogP contribution < -0.4 is 9.47 Å². The molecule has 1 aromatic carbocycles. The Morgan fingerprint density at radius 1 is 1.00 bits per heavy atom. The molecule has 0 radical (unpaired) electrons. The van der Waals surface area contributed by atoms with Gasteiger partial charge in [0.2, 0.25) is 0 Å². The van der Waals surface area contributed by atoms with Crippen LogP contribution in [0.25, 0.3) is 0 Å². The molecule has 2 aliphatic rings. The maximum absolute atomic E-state index is 10.3. The minimum absolute atomic E-state index is 0.000783. The summed E-state index contributed by atoms with van der Waals surface area (Å²) in [5.41, 5.74) is 0.553. The van der Waals surface area contributed by atoms with Crippen molar-refractivity contribution in [2.75, 3.05) is 33.9 Å². The Labute approximate surface area is 171 Å². The van der Waals surface area contributed by atoms with Crippen LogP contribution in [0.1, 0.15) is 31.1 Å². The molecule has 0 amide bonds. The van der Waals surface area contributed by atoms with Gasteiger partial charge in [0.25, 0.3) is 5.88 Å². The highest BCUT2D eigenvalue weighted by atomic mass is 16.5. The fourth-order valence-electron chi connectivity index (χ4n) is 4.18. The van der Waals surface area contributed by atoms with E-state index >= 15 is 0 Å². The van der Waals surface area contributed by atoms with Gasteiger partial charge in [-0.3, -0.25) is 4.90 Å². The van der Waals surface area contributed by atoms with Gasteiger partial charge in [0.15, 0.2) is 5.75 Å². The molecule has 1 saturated carbocycles. The molecule has 0 bridgehead atoms. The first-order valence-electron chi connectivity index (χ1n) is 9.97. The summed E-state index contributed by atoms with van der Waals surface area (Å²) < 4.78 is 9.84. The average Bonchev–Trinajstić information content (AvgIpc) is 3.31. The monoisotopic (exact) mass is 402 g/mol. The average molecular weight is 402 g/mol. The van der Waals surface area contributed by atoms with Gasteiger partial charge in [0, 0.05) is 19.6 Å². The Kier molecular flexibility index (Phi) is 7.17. The van der Waals surface area contributed by atoms with Crippen LogP contribution in [0.3, 0.4) is 0 Å². The number of aliphatic hydroxyl groups excluding tert-OH is 1. The second kappa shape index (κ2) is 9.80. The van der Waals surface area contributed by atoms with Gasteiger partial charge in [-0.2, -0.15) is 0 Å². The molecule has 29 heavy (non-hydrogen) atoms. The zero-order chi connectivity index (χ0) is 20.8. The number of phenols is 1. The molecule has 4 rings (SSSR count). The predicted octanol–water partition coefficient (Wildman–Crippen LogP) is 2.96. The molecular formula is C22H30N2O5. The lowest BCUT2D eigenvalue weighted by molar-refractivity contribution is 0.117. The number of nitrogens with zero attached hydrogens (tertiary/aromatic N) is 2. The molecule has 7 nitrogen and oxygen atoms in total. The standard InChI is InChI=1S/C15H22N2O3.C7H8O2/c1-20-15-13(18)6-5-12(16-15)14(19)9-17-7-10-3-2-4-11(10)8-17;1-9-7-4-2-6(8)3-5-7/h5-6,10-11,14,18-19H,2-4,7-9H2,1H3;2-5,8H,1H3/t10-,11+,14?;. The summed E-state index contributed by atoms with van der Waals surface area (Å²) in [6.07, 6.45) is 3.40. The third-order valence-corrected chi connectivity index (χ3v) is 5.70. The van der Waals surface area contributed by atoms with Gasteiger partial charge in [0.1, 0.15) is 17.6 Å². The first-order chi connectivity index (χ1) is 14.0. The number of methoxy groups -OCH3 is 2. The number of fused-ring (bicyclic) bond motifs is 1. The van der Waals surface area contributed by atoms with Crippen molar-refractivity contribution in [3.8, 4) is 23.1 Å². The Hall–Kier alpha value is -2.51. The third kappa shape index (κ3) is 5.52. The van der Waals surface area contributed by atoms with Gasteiger partial charge in [-0.15, -0.1) is 0 Å². The van der Waals surface area contributed by atoms with E-state index in [4.69, 9.17) is 14.6 Å². The summed E-state index contributed by atoms with van der Waals surface area (Å²) in [6, 6.07) is 9.74. The van der Waals surface area contributed by atoms with Gasteiger partial charge in [-0.1, -0.05) is 6.42 Å². The minimum Gasteiger partial charge on any atom is -0.508 e. The Balaban J connectivity index is 0.000000224. The molecule has 3 atom stereocenters. The summed E-state index contributed by atoms with van der Waals surface area (Å²) in [6.45, 7) is 2.79. The number of benzene rings is 1. The molecule has 158 valence electrons. The number of aromatic hydroxyl groups is 2. The molecule has 3 N–H and O–H groups in total. The van der Waals surface area contributed by atoms with Crippen molar-refractivity contribution < 1.29 is 24.8 Å². The summed E-state index contributed by atoms with van der Waals surface area (Å²) in [5, 5.41) is 28.6. The highest BCUT2D eigenvalue weighted by Crippen LogP contribution is 2.38. The topological polar surface area (TPSA) is 95.3 Å². The Bertz CT molecular complexity index is 771. The highest BCUT2D eigenvalue weighted by molar-refractivity contribution is 5.33. The first-order valence-corrected chi connectivity index (χ1v) is 9.97. The maximum atomic E-state index is 10.3. The summed E-state index contributed by atoms with van der Waals surface area (Å²) >= 11 is 0. The quantitative estimate of drug-likeness (QED) is 0.708. The van der Waals surface area contributed by atoms with Crippen LogP contribution in [-0.2, 0) is 0 Å². The Morgan fingerprint density at radius 2 is 1.66 bits per heavy atom. The van der Waals surface area contributed by atoms with E-state index in [9.17, 15) is 10.2 Å². The number of aromatic nitrogens is 1. The number of β-amino-alcohol motifs (C(OH)–C–C–N with tert-alkyl or cyclic N) is 1. The molecule has 2 aromatic rings. The van der Waals surface area contributed by atoms with Crippen molar-refractivity contribution in [3.63, 3.8) is 0 Å². The van der Waals surface area contributed by atoms with E-state index in [1.165, 1.54) is 32.4 Å². The van der Waals surface area contributed by atoms with Gasteiger partial charge < -0.3 is 24.8 Å². The SMILES string of the molecule is COc1ccc(O)cc1.COc1nc(C(O)CN2C[C@H]3CCC[C@H]3C2)ccc1O. The van der Waals surface area contributed by atoms with Crippen LogP contribution in [0.4, 0.5) is 0 Å². The molecule has 1 aromatic heterocycles. The molecule has 2 heterocycles. The number of hydrogen-bond acceptors (Lipinski definition) is 7. The molecule has 1 unspecified atom stereocenters. The van der Waals surface area contributed by atoms with E-state index in [0.29, 0.717) is 12.2 Å². The molecule has 0 spiro atoms. The van der Waals surface area contributed by atoms with Crippen LogP contribution >= 0.6 is 0 Å². The molecule has 1 saturated heterocycles. The van der Waals surface area contributed by atoms with Crippen LogP contribution in [0.5, 0.6) is 23.1 Å². The normalized spacial score (nSPS) is 21.8. The number of hydrogen-bond donors (Lipinski definition) is 3. The zero-order valence-electron chi connectivity index (χ0n) is 17.0. The Morgan fingerprint density at radius 3 is 2.24 bits per heavy atom. The molecule has 1 aliphatic heterocycles. The largest absolute Gasteiger partial charge is 0.508 e. The first kappa shape index (κ1) is 21.2. The lowest BCUT2D eigenvalue weighted by atomic mass is 10.0. The van der Waals surface area contributed by atoms with Crippen molar-refractivity contribution in [1.82, 2.24) is 9.88 Å². The van der Waals surface area contributed by atoms with Gasteiger partial charge >= 0.3 is 0 Å². The highest BCUT2D eigenvalue weighted by Gasteiger charge is 2.36. The number of rotatable bonds is 5. The van der Waals surface area contributed by atoms with Crippen LogP contribution in [-0.4, -0.2) is 59.1 Å². The third-order valence-electron chi connectivity index (χ3n) is 5.70. The van der Waals surface area contributed by atoms with Gasteiger partial charge in [-0.05, 0) is 61.1 Å². The van der Waals surface area contributed by atoms with Gasteiger partial charge in [-0.25, -0.2) is 4.98 Å². The van der Waals surface area contributed by atoms with E-state index < -0.39 is 6.10 Å². The molecular weight excluding hydrogens is 372 g/mol. The van der Waals surface area contributed by atoms with E-state index in [-0.39, 0.29) is 17.4 Å². The number of aliphatic hydroxyl groups is 1. The summed E-state index contributed by atoms with van der Waals surface area (Å²) in [7, 11) is 3.05. The number of ether oxygens (including phenoxy) is 2. The fourth-order valence-corrected chi connectivity index (χ4v) is 4.18. The van der Waals surface area contributed by atoms with Gasteiger partial charge in [0.05, 0.1) is 19.9 Å². The lowest BCUT2D eigenvalue weighted by Gasteiger charge is -2.20. The van der Waals surface area contributed by atoms with Crippen LogP contribution in [0, 0.1) is 11.8 Å². The van der Waals surface area contributed by atoms with E-state index in [1.807, 2.05) is 0 Å². The fraction of sp³-hybridized carbons (Fsp3) is 0.500. The van der Waals surface area contributed by atoms with Crippen molar-refractivity contribution in [2.24, 2.45) is 11.8 Å². The van der Waals surface area contributed by atoms with Crippen molar-refractivity contribution in [1.29, 1.82) is 0 Å². The van der Waals surface area contributed by atoms with E-state index in [2.05, 4.69) is 9.88 Å². The molecule has 7 heteroatoms. The van der Waals surface area contributed by atoms with E-state index in [1.54, 1.807) is 37.4 Å². The summed E-state index contributed by atoms with van der Waals surface area (Å²) in [4.78, 5) is 6.49. The lowest BCUT2D eigenvalue weighted by Crippen LogP contribution is -2.27. The summed E-state index contributed by atoms with van der Waals surface area (Å²) in [5.74, 6) is 2.83. The van der Waals surface area contributed by atoms with Crippen molar-refractivity contribution in [3.05, 3.63) is 42.1 Å². The van der Waals surface area contributed by atoms with Crippen molar-refractivity contribution >= 4 is 0 Å². The maximum Gasteiger partial charge on any atom is 0.256 e.